The molecule has 4 heteroatoms. The molecule has 0 spiro atoms. The van der Waals surface area contributed by atoms with Gasteiger partial charge in [-0.05, 0) is 63.2 Å². The lowest BCUT2D eigenvalue weighted by Gasteiger charge is -2.38. The number of aromatic nitrogens is 2. The third-order valence-electron chi connectivity index (χ3n) is 6.39. The maximum atomic E-state index is 12.7. The quantitative estimate of drug-likeness (QED) is 0.564. The lowest BCUT2D eigenvalue weighted by molar-refractivity contribution is 0.0508. The molecule has 2 unspecified atom stereocenters. The largest absolute Gasteiger partial charge is 0.461 e. The minimum Gasteiger partial charge on any atom is -0.461 e. The minimum absolute atomic E-state index is 0.149. The monoisotopic (exact) mass is 330 g/mol. The highest BCUT2D eigenvalue weighted by Crippen LogP contribution is 2.56. The molecule has 5 rings (SSSR count). The molecule has 2 atom stereocenters. The zero-order valence-electron chi connectivity index (χ0n) is 15.1. The van der Waals surface area contributed by atoms with Crippen molar-refractivity contribution in [1.82, 2.24) is 9.78 Å². The Morgan fingerprint density at radius 3 is 2.46 bits per heavy atom. The van der Waals surface area contributed by atoms with Gasteiger partial charge in [0.1, 0.15) is 5.69 Å². The Morgan fingerprint density at radius 1 is 1.08 bits per heavy atom. The highest BCUT2D eigenvalue weighted by atomic mass is 16.5. The Balaban J connectivity index is 1.74. The van der Waals surface area contributed by atoms with Crippen molar-refractivity contribution in [3.05, 3.63) is 17.0 Å². The van der Waals surface area contributed by atoms with E-state index in [1.165, 1.54) is 56.2 Å². The third-order valence-corrected chi connectivity index (χ3v) is 6.39. The van der Waals surface area contributed by atoms with E-state index < -0.39 is 0 Å². The molecular weight excluding hydrogens is 300 g/mol. The Kier molecular flexibility index (Phi) is 4.40. The fraction of sp³-hybridized carbons (Fsp3) is 0.800. The SMILES string of the molecule is CCCCCn1nc2c(c1C(=O)OCC)C1CC3CC(CC2C3)C1. The summed E-state index contributed by atoms with van der Waals surface area (Å²) in [6, 6.07) is 0. The number of hydrogen-bond acceptors (Lipinski definition) is 3. The van der Waals surface area contributed by atoms with Crippen molar-refractivity contribution in [3.63, 3.8) is 0 Å². The smallest absolute Gasteiger partial charge is 0.356 e. The number of nitrogens with zero attached hydrogens (tertiary/aromatic N) is 2. The van der Waals surface area contributed by atoms with Crippen LogP contribution in [0, 0.1) is 11.8 Å². The lowest BCUT2D eigenvalue weighted by atomic mass is 9.67. The number of ether oxygens (including phenoxy) is 1. The van der Waals surface area contributed by atoms with Gasteiger partial charge < -0.3 is 4.74 Å². The molecule has 4 bridgehead atoms. The van der Waals surface area contributed by atoms with Gasteiger partial charge in [0.15, 0.2) is 0 Å². The van der Waals surface area contributed by atoms with Crippen molar-refractivity contribution < 1.29 is 9.53 Å². The predicted molar refractivity (Wildman–Crippen MR) is 93.3 cm³/mol. The first-order chi connectivity index (χ1) is 11.7. The second-order valence-corrected chi connectivity index (χ2v) is 8.10. The van der Waals surface area contributed by atoms with Crippen molar-refractivity contribution in [3.8, 4) is 0 Å². The molecule has 0 radical (unpaired) electrons. The summed E-state index contributed by atoms with van der Waals surface area (Å²) < 4.78 is 7.43. The van der Waals surface area contributed by atoms with Crippen molar-refractivity contribution in [2.75, 3.05) is 6.61 Å². The molecule has 1 heterocycles. The van der Waals surface area contributed by atoms with Crippen molar-refractivity contribution in [2.24, 2.45) is 11.8 Å². The average molecular weight is 330 g/mol. The summed E-state index contributed by atoms with van der Waals surface area (Å²) in [5.74, 6) is 2.67. The Bertz CT molecular complexity index is 607. The second-order valence-electron chi connectivity index (χ2n) is 8.10. The number of rotatable bonds is 6. The number of hydrogen-bond donors (Lipinski definition) is 0. The van der Waals surface area contributed by atoms with E-state index in [1.807, 2.05) is 11.6 Å². The summed E-state index contributed by atoms with van der Waals surface area (Å²) in [4.78, 5) is 12.7. The highest BCUT2D eigenvalue weighted by molar-refractivity contribution is 5.90. The fourth-order valence-corrected chi connectivity index (χ4v) is 5.60. The topological polar surface area (TPSA) is 44.1 Å². The van der Waals surface area contributed by atoms with E-state index >= 15 is 0 Å². The standard InChI is InChI=1S/C20H30N2O2/c1-3-5-6-7-22-19(20(23)24-4-2)17-15-9-13-8-14(10-15)12-16(11-13)18(17)21-22/h13-16H,3-12H2,1-2H3. The fourth-order valence-electron chi connectivity index (χ4n) is 5.60. The molecule has 1 aromatic heterocycles. The van der Waals surface area contributed by atoms with Crippen LogP contribution in [-0.4, -0.2) is 22.4 Å². The van der Waals surface area contributed by atoms with Gasteiger partial charge in [-0.3, -0.25) is 4.68 Å². The summed E-state index contributed by atoms with van der Waals surface area (Å²) in [5.41, 5.74) is 3.32. The number of carbonyl (C=O) groups excluding carboxylic acids is 1. The minimum atomic E-state index is -0.149. The molecule has 2 saturated carbocycles. The summed E-state index contributed by atoms with van der Waals surface area (Å²) in [7, 11) is 0. The van der Waals surface area contributed by atoms with E-state index in [1.54, 1.807) is 0 Å². The Morgan fingerprint density at radius 2 is 1.79 bits per heavy atom. The number of carbonyl (C=O) groups is 1. The van der Waals surface area contributed by atoms with E-state index in [2.05, 4.69) is 6.92 Å². The molecule has 4 nitrogen and oxygen atoms in total. The normalized spacial score (nSPS) is 30.2. The van der Waals surface area contributed by atoms with E-state index in [0.717, 1.165) is 30.5 Å². The van der Waals surface area contributed by atoms with Crippen molar-refractivity contribution in [2.45, 2.75) is 83.6 Å². The van der Waals surface area contributed by atoms with E-state index in [9.17, 15) is 4.79 Å². The van der Waals surface area contributed by atoms with E-state index in [4.69, 9.17) is 9.84 Å². The van der Waals surface area contributed by atoms with Gasteiger partial charge in [-0.2, -0.15) is 5.10 Å². The van der Waals surface area contributed by atoms with E-state index in [-0.39, 0.29) is 5.97 Å². The van der Waals surface area contributed by atoms with Gasteiger partial charge >= 0.3 is 5.97 Å². The van der Waals surface area contributed by atoms with Crippen LogP contribution in [0.25, 0.3) is 0 Å². The molecular formula is C20H30N2O2. The molecule has 0 aromatic carbocycles. The predicted octanol–water partition coefficient (Wildman–Crippen LogP) is 4.64. The summed E-state index contributed by atoms with van der Waals surface area (Å²) in [6.07, 6.45) is 9.95. The Labute approximate surface area is 145 Å². The van der Waals surface area contributed by atoms with Crippen LogP contribution in [0.1, 0.15) is 98.8 Å². The van der Waals surface area contributed by atoms with Crippen LogP contribution in [0.2, 0.25) is 0 Å². The molecule has 24 heavy (non-hydrogen) atoms. The average Bonchev–Trinajstić information content (AvgIpc) is 2.86. The molecule has 132 valence electrons. The van der Waals surface area contributed by atoms with Gasteiger partial charge in [-0.25, -0.2) is 4.79 Å². The lowest BCUT2D eigenvalue weighted by Crippen LogP contribution is -2.27. The molecule has 4 aliphatic rings. The maximum absolute atomic E-state index is 12.7. The van der Waals surface area contributed by atoms with Crippen molar-refractivity contribution in [1.29, 1.82) is 0 Å². The second kappa shape index (κ2) is 6.53. The van der Waals surface area contributed by atoms with Crippen LogP contribution in [0.5, 0.6) is 0 Å². The highest BCUT2D eigenvalue weighted by Gasteiger charge is 2.46. The van der Waals surface area contributed by atoms with Crippen molar-refractivity contribution >= 4 is 5.97 Å². The molecule has 0 amide bonds. The zero-order chi connectivity index (χ0) is 16.7. The van der Waals surface area contributed by atoms with Crippen LogP contribution < -0.4 is 0 Å². The first-order valence-corrected chi connectivity index (χ1v) is 9.98. The third kappa shape index (κ3) is 2.68. The van der Waals surface area contributed by atoms with Crippen LogP contribution in [0.15, 0.2) is 0 Å². The molecule has 0 N–H and O–H groups in total. The number of aryl methyl sites for hydroxylation is 1. The first-order valence-electron chi connectivity index (χ1n) is 9.98. The van der Waals surface area contributed by atoms with E-state index in [0.29, 0.717) is 18.4 Å². The van der Waals surface area contributed by atoms with Gasteiger partial charge in [-0.1, -0.05) is 19.8 Å². The summed E-state index contributed by atoms with van der Waals surface area (Å²) in [5, 5.41) is 5.00. The van der Waals surface area contributed by atoms with Gasteiger partial charge in [0, 0.05) is 18.0 Å². The first kappa shape index (κ1) is 16.2. The van der Waals surface area contributed by atoms with Gasteiger partial charge in [0.25, 0.3) is 0 Å². The molecule has 4 aliphatic carbocycles. The summed E-state index contributed by atoms with van der Waals surface area (Å²) >= 11 is 0. The van der Waals surface area contributed by atoms with Gasteiger partial charge in [0.2, 0.25) is 0 Å². The summed E-state index contributed by atoms with van der Waals surface area (Å²) in [6.45, 7) is 5.39. The maximum Gasteiger partial charge on any atom is 0.356 e. The zero-order valence-corrected chi connectivity index (χ0v) is 15.1. The van der Waals surface area contributed by atoms with Crippen LogP contribution in [-0.2, 0) is 11.3 Å². The van der Waals surface area contributed by atoms with Gasteiger partial charge in [-0.15, -0.1) is 0 Å². The van der Waals surface area contributed by atoms with Crippen LogP contribution in [0.3, 0.4) is 0 Å². The Hall–Kier alpha value is -1.32. The molecule has 0 aliphatic heterocycles. The molecule has 2 fully saturated rings. The van der Waals surface area contributed by atoms with Gasteiger partial charge in [0.05, 0.1) is 12.3 Å². The number of esters is 1. The van der Waals surface area contributed by atoms with Crippen LogP contribution in [0.4, 0.5) is 0 Å². The number of unbranched alkanes of at least 4 members (excludes halogenated alkanes) is 2. The van der Waals surface area contributed by atoms with Crippen LogP contribution >= 0.6 is 0 Å². The molecule has 0 saturated heterocycles. The molecule has 1 aromatic rings.